The lowest BCUT2D eigenvalue weighted by molar-refractivity contribution is 0.179. The first-order chi connectivity index (χ1) is 5.16. The van der Waals surface area contributed by atoms with Gasteiger partial charge < -0.3 is 10.1 Å². The number of hydrogen-bond acceptors (Lipinski definition) is 2. The van der Waals surface area contributed by atoms with Crippen LogP contribution in [-0.2, 0) is 4.74 Å². The minimum absolute atomic E-state index is 0.222. The van der Waals surface area contributed by atoms with Gasteiger partial charge in [-0.2, -0.15) is 0 Å². The third kappa shape index (κ3) is 6.84. The maximum absolute atomic E-state index is 6.86. The van der Waals surface area contributed by atoms with Crippen LogP contribution in [0.2, 0.25) is 0 Å². The van der Waals surface area contributed by atoms with E-state index in [4.69, 9.17) is 10.1 Å². The molecule has 0 aliphatic rings. The standard InChI is InChI=1S/C9H15NO/c1-8(2)11-6-4-5-9(3)7-10/h4-8,10H,1-3H3/b6-4+,9-5-,10-7?. The number of hydrogen-bond donors (Lipinski definition) is 1. The molecule has 0 aliphatic heterocycles. The van der Waals surface area contributed by atoms with Crippen molar-refractivity contribution in [3.8, 4) is 0 Å². The van der Waals surface area contributed by atoms with E-state index in [0.717, 1.165) is 5.57 Å². The van der Waals surface area contributed by atoms with Crippen LogP contribution in [0.3, 0.4) is 0 Å². The van der Waals surface area contributed by atoms with Gasteiger partial charge in [0, 0.05) is 6.21 Å². The van der Waals surface area contributed by atoms with Gasteiger partial charge in [-0.25, -0.2) is 0 Å². The average Bonchev–Trinajstić information content (AvgIpc) is 1.97. The van der Waals surface area contributed by atoms with Crippen LogP contribution in [0.25, 0.3) is 0 Å². The quantitative estimate of drug-likeness (QED) is 0.376. The number of rotatable bonds is 4. The van der Waals surface area contributed by atoms with Gasteiger partial charge in [0.15, 0.2) is 0 Å². The van der Waals surface area contributed by atoms with Gasteiger partial charge in [-0.15, -0.1) is 0 Å². The van der Waals surface area contributed by atoms with E-state index in [2.05, 4.69) is 0 Å². The maximum Gasteiger partial charge on any atom is 0.0922 e. The molecule has 0 fully saturated rings. The third-order valence-corrected chi connectivity index (χ3v) is 1.02. The molecule has 0 unspecified atom stereocenters. The maximum atomic E-state index is 6.86. The molecule has 1 N–H and O–H groups in total. The lowest BCUT2D eigenvalue weighted by atomic mass is 10.3. The van der Waals surface area contributed by atoms with Crippen LogP contribution in [0.4, 0.5) is 0 Å². The summed E-state index contributed by atoms with van der Waals surface area (Å²) >= 11 is 0. The van der Waals surface area contributed by atoms with E-state index in [1.165, 1.54) is 6.21 Å². The van der Waals surface area contributed by atoms with Crippen molar-refractivity contribution in [1.29, 1.82) is 5.41 Å². The van der Waals surface area contributed by atoms with Crippen LogP contribution in [0.15, 0.2) is 24.0 Å². The van der Waals surface area contributed by atoms with Crippen LogP contribution >= 0.6 is 0 Å². The highest BCUT2D eigenvalue weighted by atomic mass is 16.5. The van der Waals surface area contributed by atoms with E-state index in [0.29, 0.717) is 0 Å². The molecular weight excluding hydrogens is 138 g/mol. The van der Waals surface area contributed by atoms with Crippen LogP contribution in [0.1, 0.15) is 20.8 Å². The number of allylic oxidation sites excluding steroid dienone is 3. The van der Waals surface area contributed by atoms with Crippen molar-refractivity contribution in [3.63, 3.8) is 0 Å². The summed E-state index contributed by atoms with van der Waals surface area (Å²) in [6, 6.07) is 0. The minimum atomic E-state index is 0.222. The zero-order chi connectivity index (χ0) is 8.69. The fourth-order valence-electron chi connectivity index (χ4n) is 0.442. The second-order valence-electron chi connectivity index (χ2n) is 2.57. The highest BCUT2D eigenvalue weighted by Crippen LogP contribution is 1.91. The Morgan fingerprint density at radius 2 is 2.09 bits per heavy atom. The average molecular weight is 153 g/mol. The molecule has 2 heteroatoms. The smallest absolute Gasteiger partial charge is 0.0922 e. The van der Waals surface area contributed by atoms with Crippen molar-refractivity contribution in [1.82, 2.24) is 0 Å². The third-order valence-electron chi connectivity index (χ3n) is 1.02. The molecule has 0 aromatic carbocycles. The summed E-state index contributed by atoms with van der Waals surface area (Å²) < 4.78 is 5.14. The van der Waals surface area contributed by atoms with Crippen LogP contribution in [-0.4, -0.2) is 12.3 Å². The molecule has 0 bridgehead atoms. The first-order valence-electron chi connectivity index (χ1n) is 3.66. The Morgan fingerprint density at radius 1 is 1.45 bits per heavy atom. The molecule has 11 heavy (non-hydrogen) atoms. The number of nitrogens with one attached hydrogen (secondary N) is 1. The Bertz CT molecular complexity index is 168. The summed E-state index contributed by atoms with van der Waals surface area (Å²) in [5.74, 6) is 0. The molecule has 0 heterocycles. The van der Waals surface area contributed by atoms with Crippen molar-refractivity contribution in [2.45, 2.75) is 26.9 Å². The van der Waals surface area contributed by atoms with Crippen molar-refractivity contribution in [2.24, 2.45) is 0 Å². The fourth-order valence-corrected chi connectivity index (χ4v) is 0.442. The Hall–Kier alpha value is -1.05. The summed E-state index contributed by atoms with van der Waals surface area (Å²) in [4.78, 5) is 0. The van der Waals surface area contributed by atoms with E-state index < -0.39 is 0 Å². The van der Waals surface area contributed by atoms with Crippen molar-refractivity contribution in [3.05, 3.63) is 24.0 Å². The van der Waals surface area contributed by atoms with Gasteiger partial charge in [-0.3, -0.25) is 0 Å². The first-order valence-corrected chi connectivity index (χ1v) is 3.66. The minimum Gasteiger partial charge on any atom is -0.499 e. The normalized spacial score (nSPS) is 12.5. The van der Waals surface area contributed by atoms with Crippen molar-refractivity contribution >= 4 is 6.21 Å². The summed E-state index contributed by atoms with van der Waals surface area (Å²) in [7, 11) is 0. The molecule has 0 aromatic rings. The van der Waals surface area contributed by atoms with Crippen molar-refractivity contribution < 1.29 is 4.74 Å². The number of ether oxygens (including phenoxy) is 1. The lowest BCUT2D eigenvalue weighted by Crippen LogP contribution is -1.94. The predicted octanol–water partition coefficient (Wildman–Crippen LogP) is 2.52. The fraction of sp³-hybridized carbons (Fsp3) is 0.444. The monoisotopic (exact) mass is 153 g/mol. The Balaban J connectivity index is 3.67. The molecule has 0 rings (SSSR count). The van der Waals surface area contributed by atoms with E-state index in [-0.39, 0.29) is 6.10 Å². The van der Waals surface area contributed by atoms with Crippen molar-refractivity contribution in [2.75, 3.05) is 0 Å². The van der Waals surface area contributed by atoms with Crippen LogP contribution < -0.4 is 0 Å². The van der Waals surface area contributed by atoms with Gasteiger partial charge in [-0.05, 0) is 32.4 Å². The summed E-state index contributed by atoms with van der Waals surface area (Å²) in [5, 5.41) is 6.86. The second-order valence-corrected chi connectivity index (χ2v) is 2.57. The molecule has 2 nitrogen and oxygen atoms in total. The van der Waals surface area contributed by atoms with E-state index >= 15 is 0 Å². The first kappa shape index (κ1) is 9.95. The molecule has 62 valence electrons. The molecule has 0 saturated carbocycles. The highest BCUT2D eigenvalue weighted by Gasteiger charge is 1.83. The van der Waals surface area contributed by atoms with Crippen LogP contribution in [0, 0.1) is 5.41 Å². The lowest BCUT2D eigenvalue weighted by Gasteiger charge is -2.01. The highest BCUT2D eigenvalue weighted by molar-refractivity contribution is 5.75. The van der Waals surface area contributed by atoms with Gasteiger partial charge in [0.25, 0.3) is 0 Å². The molecule has 0 saturated heterocycles. The topological polar surface area (TPSA) is 33.1 Å². The van der Waals surface area contributed by atoms with Crippen LogP contribution in [0.5, 0.6) is 0 Å². The molecule has 0 atom stereocenters. The van der Waals surface area contributed by atoms with E-state index in [9.17, 15) is 0 Å². The van der Waals surface area contributed by atoms with Gasteiger partial charge in [-0.1, -0.05) is 6.08 Å². The second kappa shape index (κ2) is 5.71. The van der Waals surface area contributed by atoms with Gasteiger partial charge in [0.2, 0.25) is 0 Å². The molecule has 0 aromatic heterocycles. The summed E-state index contributed by atoms with van der Waals surface area (Å²) in [5.41, 5.74) is 0.911. The zero-order valence-corrected chi connectivity index (χ0v) is 7.29. The van der Waals surface area contributed by atoms with Gasteiger partial charge >= 0.3 is 0 Å². The van der Waals surface area contributed by atoms with Gasteiger partial charge in [0.1, 0.15) is 0 Å². The molecule has 0 spiro atoms. The molecule has 0 aliphatic carbocycles. The zero-order valence-electron chi connectivity index (χ0n) is 7.29. The predicted molar refractivity (Wildman–Crippen MR) is 47.9 cm³/mol. The summed E-state index contributed by atoms with van der Waals surface area (Å²) in [6.07, 6.45) is 6.78. The summed E-state index contributed by atoms with van der Waals surface area (Å²) in [6.45, 7) is 5.81. The molecule has 0 amide bonds. The van der Waals surface area contributed by atoms with Gasteiger partial charge in [0.05, 0.1) is 12.4 Å². The SMILES string of the molecule is C/C(C=N)=C/C=C/OC(C)C. The Kier molecular flexibility index (Phi) is 5.17. The molecular formula is C9H15NO. The largest absolute Gasteiger partial charge is 0.499 e. The van der Waals surface area contributed by atoms with E-state index in [1.54, 1.807) is 12.3 Å². The Labute approximate surface area is 68.1 Å². The van der Waals surface area contributed by atoms with E-state index in [1.807, 2.05) is 26.8 Å². The Morgan fingerprint density at radius 3 is 2.55 bits per heavy atom. The molecule has 0 radical (unpaired) electrons.